The average molecular weight is 219 g/mol. The van der Waals surface area contributed by atoms with E-state index in [1.807, 2.05) is 0 Å². The van der Waals surface area contributed by atoms with Crippen LogP contribution in [-0.4, -0.2) is 18.1 Å². The van der Waals surface area contributed by atoms with Gasteiger partial charge in [0.2, 0.25) is 0 Å². The van der Waals surface area contributed by atoms with Gasteiger partial charge in [-0.15, -0.1) is 0 Å². The van der Waals surface area contributed by atoms with Crippen LogP contribution in [0.5, 0.6) is 0 Å². The molecule has 0 radical (unpaired) electrons. The molecule has 0 amide bonds. The fourth-order valence-electron chi connectivity index (χ4n) is 1.05. The van der Waals surface area contributed by atoms with Gasteiger partial charge < -0.3 is 4.74 Å². The summed E-state index contributed by atoms with van der Waals surface area (Å²) in [5.74, 6) is -0.840. The minimum absolute atomic E-state index is 0.171. The number of nitrogens with zero attached hydrogens (tertiary/aromatic N) is 1. The second kappa shape index (κ2) is 3.88. The van der Waals surface area contributed by atoms with E-state index in [0.29, 0.717) is 0 Å². The van der Waals surface area contributed by atoms with E-state index in [1.54, 1.807) is 0 Å². The molecule has 0 bridgehead atoms. The van der Waals surface area contributed by atoms with E-state index >= 15 is 0 Å². The van der Waals surface area contributed by atoms with Crippen molar-refractivity contribution in [1.82, 2.24) is 4.98 Å². The lowest BCUT2D eigenvalue weighted by Gasteiger charge is -2.10. The molecule has 0 aliphatic rings. The van der Waals surface area contributed by atoms with E-state index in [1.165, 1.54) is 6.92 Å². The van der Waals surface area contributed by atoms with Gasteiger partial charge in [-0.2, -0.15) is 13.2 Å². The number of hydrogen-bond acceptors (Lipinski definition) is 3. The van der Waals surface area contributed by atoms with Gasteiger partial charge in [0.15, 0.2) is 0 Å². The number of halogens is 3. The van der Waals surface area contributed by atoms with Crippen LogP contribution in [0, 0.1) is 6.92 Å². The van der Waals surface area contributed by atoms with Crippen molar-refractivity contribution >= 4 is 5.97 Å². The van der Waals surface area contributed by atoms with E-state index < -0.39 is 17.7 Å². The zero-order valence-electron chi connectivity index (χ0n) is 8.05. The van der Waals surface area contributed by atoms with Crippen molar-refractivity contribution in [3.63, 3.8) is 0 Å². The zero-order valence-corrected chi connectivity index (χ0v) is 8.05. The fourth-order valence-corrected chi connectivity index (χ4v) is 1.05. The van der Waals surface area contributed by atoms with Crippen LogP contribution in [0.1, 0.15) is 21.6 Å². The third-order valence-electron chi connectivity index (χ3n) is 1.81. The number of hydrogen-bond donors (Lipinski definition) is 0. The molecular formula is C9H8F3NO2. The molecule has 1 aromatic rings. The Labute approximate surface area is 83.9 Å². The van der Waals surface area contributed by atoms with Crippen LogP contribution < -0.4 is 0 Å². The largest absolute Gasteiger partial charge is 0.465 e. The molecule has 0 saturated heterocycles. The molecule has 0 spiro atoms. The number of esters is 1. The molecule has 1 aromatic heterocycles. The second-order valence-corrected chi connectivity index (χ2v) is 2.85. The zero-order chi connectivity index (χ0) is 11.6. The highest BCUT2D eigenvalue weighted by Crippen LogP contribution is 2.31. The fraction of sp³-hybridized carbons (Fsp3) is 0.333. The van der Waals surface area contributed by atoms with Gasteiger partial charge in [0.1, 0.15) is 0 Å². The predicted octanol–water partition coefficient (Wildman–Crippen LogP) is 2.20. The summed E-state index contributed by atoms with van der Waals surface area (Å²) in [5, 5.41) is 0. The summed E-state index contributed by atoms with van der Waals surface area (Å²) in [6.07, 6.45) is -3.46. The topological polar surface area (TPSA) is 39.2 Å². The van der Waals surface area contributed by atoms with Gasteiger partial charge >= 0.3 is 12.1 Å². The third kappa shape index (κ3) is 2.45. The molecule has 15 heavy (non-hydrogen) atoms. The highest BCUT2D eigenvalue weighted by atomic mass is 19.4. The highest BCUT2D eigenvalue weighted by molar-refractivity contribution is 5.89. The highest BCUT2D eigenvalue weighted by Gasteiger charge is 2.33. The van der Waals surface area contributed by atoms with Crippen LogP contribution in [0.2, 0.25) is 0 Å². The number of rotatable bonds is 1. The quantitative estimate of drug-likeness (QED) is 0.679. The van der Waals surface area contributed by atoms with E-state index in [4.69, 9.17) is 0 Å². The Kier molecular flexibility index (Phi) is 2.97. The smallest absolute Gasteiger partial charge is 0.418 e. The standard InChI is InChI=1S/C9H8F3NO2/c1-5-7(9(10,11)12)3-6(4-13-5)8(14)15-2/h3-4H,1-2H3. The summed E-state index contributed by atoms with van der Waals surface area (Å²) in [7, 11) is 1.09. The molecular weight excluding hydrogens is 211 g/mol. The minimum Gasteiger partial charge on any atom is -0.465 e. The number of carbonyl (C=O) groups excluding carboxylic acids is 1. The number of aryl methyl sites for hydroxylation is 1. The lowest BCUT2D eigenvalue weighted by molar-refractivity contribution is -0.138. The third-order valence-corrected chi connectivity index (χ3v) is 1.81. The Bertz CT molecular complexity index is 387. The molecule has 0 atom stereocenters. The number of alkyl halides is 3. The lowest BCUT2D eigenvalue weighted by Crippen LogP contribution is -2.12. The predicted molar refractivity (Wildman–Crippen MR) is 45.3 cm³/mol. The Balaban J connectivity index is 3.23. The Morgan fingerprint density at radius 3 is 2.53 bits per heavy atom. The van der Waals surface area contributed by atoms with Gasteiger partial charge in [0.25, 0.3) is 0 Å². The van der Waals surface area contributed by atoms with Gasteiger partial charge in [0, 0.05) is 11.9 Å². The van der Waals surface area contributed by atoms with E-state index in [2.05, 4.69) is 9.72 Å². The first-order chi connectivity index (χ1) is 6.86. The van der Waals surface area contributed by atoms with Gasteiger partial charge in [-0.05, 0) is 13.0 Å². The van der Waals surface area contributed by atoms with Crippen molar-refractivity contribution in [2.24, 2.45) is 0 Å². The van der Waals surface area contributed by atoms with E-state index in [0.717, 1.165) is 19.4 Å². The first-order valence-electron chi connectivity index (χ1n) is 3.98. The maximum absolute atomic E-state index is 12.4. The van der Waals surface area contributed by atoms with Crippen molar-refractivity contribution in [2.45, 2.75) is 13.1 Å². The van der Waals surface area contributed by atoms with Crippen LogP contribution >= 0.6 is 0 Å². The van der Waals surface area contributed by atoms with Crippen molar-refractivity contribution in [1.29, 1.82) is 0 Å². The molecule has 6 heteroatoms. The van der Waals surface area contributed by atoms with Crippen LogP contribution in [0.4, 0.5) is 13.2 Å². The van der Waals surface area contributed by atoms with Crippen molar-refractivity contribution < 1.29 is 22.7 Å². The summed E-state index contributed by atoms with van der Waals surface area (Å²) >= 11 is 0. The molecule has 0 aliphatic heterocycles. The van der Waals surface area contributed by atoms with Crippen molar-refractivity contribution in [3.05, 3.63) is 29.1 Å². The Morgan fingerprint density at radius 1 is 1.47 bits per heavy atom. The van der Waals surface area contributed by atoms with Crippen molar-refractivity contribution in [2.75, 3.05) is 7.11 Å². The summed E-state index contributed by atoms with van der Waals surface area (Å²) in [6.45, 7) is 1.23. The molecule has 1 rings (SSSR count). The molecule has 0 fully saturated rings. The van der Waals surface area contributed by atoms with Crippen LogP contribution in [0.15, 0.2) is 12.3 Å². The molecule has 0 aromatic carbocycles. The number of methoxy groups -OCH3 is 1. The van der Waals surface area contributed by atoms with Gasteiger partial charge in [0.05, 0.1) is 18.2 Å². The van der Waals surface area contributed by atoms with E-state index in [-0.39, 0.29) is 11.3 Å². The summed E-state index contributed by atoms with van der Waals surface area (Å²) in [6, 6.07) is 0.730. The van der Waals surface area contributed by atoms with Crippen LogP contribution in [0.25, 0.3) is 0 Å². The van der Waals surface area contributed by atoms with Gasteiger partial charge in [-0.1, -0.05) is 0 Å². The number of carbonyl (C=O) groups is 1. The molecule has 0 unspecified atom stereocenters. The van der Waals surface area contributed by atoms with Crippen LogP contribution in [0.3, 0.4) is 0 Å². The maximum Gasteiger partial charge on any atom is 0.418 e. The molecule has 0 aliphatic carbocycles. The first-order valence-corrected chi connectivity index (χ1v) is 3.98. The maximum atomic E-state index is 12.4. The van der Waals surface area contributed by atoms with Gasteiger partial charge in [-0.3, -0.25) is 4.98 Å². The van der Waals surface area contributed by atoms with Crippen LogP contribution in [-0.2, 0) is 10.9 Å². The van der Waals surface area contributed by atoms with Gasteiger partial charge in [-0.25, -0.2) is 4.79 Å². The molecule has 82 valence electrons. The normalized spacial score (nSPS) is 11.3. The number of aromatic nitrogens is 1. The van der Waals surface area contributed by atoms with E-state index in [9.17, 15) is 18.0 Å². The summed E-state index contributed by atoms with van der Waals surface area (Å²) in [5.41, 5.74) is -1.31. The molecule has 1 heterocycles. The van der Waals surface area contributed by atoms with Crippen molar-refractivity contribution in [3.8, 4) is 0 Å². The summed E-state index contributed by atoms with van der Waals surface area (Å²) < 4.78 is 41.5. The number of ether oxygens (including phenoxy) is 1. The number of pyridine rings is 1. The Morgan fingerprint density at radius 2 is 2.07 bits per heavy atom. The molecule has 0 N–H and O–H groups in total. The molecule has 3 nitrogen and oxygen atoms in total. The average Bonchev–Trinajstić information content (AvgIpc) is 2.15. The SMILES string of the molecule is COC(=O)c1cnc(C)c(C(F)(F)F)c1. The Hall–Kier alpha value is -1.59. The second-order valence-electron chi connectivity index (χ2n) is 2.85. The first kappa shape index (κ1) is 11.5. The summed E-state index contributed by atoms with van der Waals surface area (Å²) in [4.78, 5) is 14.5. The monoisotopic (exact) mass is 219 g/mol. The lowest BCUT2D eigenvalue weighted by atomic mass is 10.1. The molecule has 0 saturated carbocycles. The minimum atomic E-state index is -4.51.